The number of nitriles is 1. The Kier molecular flexibility index (Phi) is 5.01. The van der Waals surface area contributed by atoms with Crippen molar-refractivity contribution in [3.8, 4) is 6.07 Å². The summed E-state index contributed by atoms with van der Waals surface area (Å²) >= 11 is 1.83. The first-order valence-corrected chi connectivity index (χ1v) is 8.13. The van der Waals surface area contributed by atoms with Gasteiger partial charge in [0.05, 0.1) is 12.0 Å². The van der Waals surface area contributed by atoms with Gasteiger partial charge in [-0.3, -0.25) is 4.90 Å². The lowest BCUT2D eigenvalue weighted by Gasteiger charge is -2.40. The van der Waals surface area contributed by atoms with Crippen molar-refractivity contribution in [3.63, 3.8) is 0 Å². The summed E-state index contributed by atoms with van der Waals surface area (Å²) in [7, 11) is 2.20. The minimum atomic E-state index is 0.215. The molecule has 1 saturated carbocycles. The molecule has 0 N–H and O–H groups in total. The Bertz CT molecular complexity index is 420. The van der Waals surface area contributed by atoms with Crippen LogP contribution in [0.1, 0.15) is 38.0 Å². The maximum Gasteiger partial charge on any atom is 0.0672 e. The largest absolute Gasteiger partial charge is 0.299 e. The second kappa shape index (κ2) is 6.54. The minimum absolute atomic E-state index is 0.215. The van der Waals surface area contributed by atoms with Crippen LogP contribution < -0.4 is 0 Å². The summed E-state index contributed by atoms with van der Waals surface area (Å²) in [5.74, 6) is 0.970. The molecule has 2 rings (SSSR count). The molecule has 1 aromatic heterocycles. The van der Waals surface area contributed by atoms with Gasteiger partial charge in [-0.1, -0.05) is 13.0 Å². The van der Waals surface area contributed by atoms with Crippen LogP contribution in [0.25, 0.3) is 0 Å². The van der Waals surface area contributed by atoms with E-state index in [2.05, 4.69) is 49.4 Å². The van der Waals surface area contributed by atoms with Gasteiger partial charge in [-0.25, -0.2) is 0 Å². The second-order valence-electron chi connectivity index (χ2n) is 6.02. The summed E-state index contributed by atoms with van der Waals surface area (Å²) in [4.78, 5) is 3.89. The third kappa shape index (κ3) is 3.58. The van der Waals surface area contributed by atoms with E-state index in [0.29, 0.717) is 12.1 Å². The molecule has 1 aliphatic carbocycles. The van der Waals surface area contributed by atoms with Gasteiger partial charge in [0.1, 0.15) is 0 Å². The second-order valence-corrected chi connectivity index (χ2v) is 7.05. The highest BCUT2D eigenvalue weighted by molar-refractivity contribution is 7.09. The summed E-state index contributed by atoms with van der Waals surface area (Å²) in [5, 5.41) is 11.5. The van der Waals surface area contributed by atoms with E-state index < -0.39 is 0 Å². The highest BCUT2D eigenvalue weighted by Crippen LogP contribution is 2.32. The Morgan fingerprint density at radius 1 is 1.53 bits per heavy atom. The van der Waals surface area contributed by atoms with Gasteiger partial charge in [0.2, 0.25) is 0 Å². The summed E-state index contributed by atoms with van der Waals surface area (Å²) < 4.78 is 0. The standard InChI is InChI=1S/C16H24N2S/c1-12-6-7-14(11-17)16(9-12)18(3)13(2)10-15-5-4-8-19-15/h4-5,8,12-14,16H,6-7,9-10H2,1-3H3. The predicted molar refractivity (Wildman–Crippen MR) is 81.2 cm³/mol. The van der Waals surface area contributed by atoms with Crippen molar-refractivity contribution in [1.82, 2.24) is 4.90 Å². The van der Waals surface area contributed by atoms with Gasteiger partial charge in [-0.05, 0) is 57.0 Å². The third-order valence-electron chi connectivity index (χ3n) is 4.54. The topological polar surface area (TPSA) is 27.0 Å². The van der Waals surface area contributed by atoms with E-state index in [-0.39, 0.29) is 5.92 Å². The van der Waals surface area contributed by atoms with E-state index in [4.69, 9.17) is 0 Å². The normalized spacial score (nSPS) is 29.1. The van der Waals surface area contributed by atoms with E-state index in [9.17, 15) is 5.26 Å². The molecule has 4 atom stereocenters. The van der Waals surface area contributed by atoms with E-state index in [1.165, 1.54) is 17.7 Å². The molecule has 4 unspecified atom stereocenters. The molecular weight excluding hydrogens is 252 g/mol. The summed E-state index contributed by atoms with van der Waals surface area (Å²) in [6.45, 7) is 4.60. The number of nitrogens with zero attached hydrogens (tertiary/aromatic N) is 2. The summed E-state index contributed by atoms with van der Waals surface area (Å²) in [6, 6.07) is 7.80. The zero-order valence-electron chi connectivity index (χ0n) is 12.2. The Morgan fingerprint density at radius 3 is 2.95 bits per heavy atom. The highest BCUT2D eigenvalue weighted by Gasteiger charge is 2.33. The molecule has 2 nitrogen and oxygen atoms in total. The molecule has 0 radical (unpaired) electrons. The van der Waals surface area contributed by atoms with Crippen molar-refractivity contribution >= 4 is 11.3 Å². The van der Waals surface area contributed by atoms with E-state index in [1.54, 1.807) is 0 Å². The highest BCUT2D eigenvalue weighted by atomic mass is 32.1. The first-order valence-electron chi connectivity index (χ1n) is 7.25. The van der Waals surface area contributed by atoms with E-state index >= 15 is 0 Å². The van der Waals surface area contributed by atoms with Gasteiger partial charge in [-0.15, -0.1) is 11.3 Å². The smallest absolute Gasteiger partial charge is 0.0672 e. The third-order valence-corrected chi connectivity index (χ3v) is 5.44. The fourth-order valence-corrected chi connectivity index (χ4v) is 3.97. The Labute approximate surface area is 121 Å². The quantitative estimate of drug-likeness (QED) is 0.833. The van der Waals surface area contributed by atoms with Crippen LogP contribution in [0.15, 0.2) is 17.5 Å². The number of hydrogen-bond acceptors (Lipinski definition) is 3. The van der Waals surface area contributed by atoms with Crippen LogP contribution in [0.5, 0.6) is 0 Å². The zero-order chi connectivity index (χ0) is 13.8. The Hall–Kier alpha value is -0.850. The number of thiophene rings is 1. The lowest BCUT2D eigenvalue weighted by atomic mass is 9.78. The van der Waals surface area contributed by atoms with Crippen LogP contribution in [0, 0.1) is 23.2 Å². The average Bonchev–Trinajstić information content (AvgIpc) is 2.90. The molecule has 0 spiro atoms. The molecule has 104 valence electrons. The summed E-state index contributed by atoms with van der Waals surface area (Å²) in [6.07, 6.45) is 4.54. The van der Waals surface area contributed by atoms with Crippen molar-refractivity contribution in [1.29, 1.82) is 5.26 Å². The molecule has 1 aliphatic rings. The minimum Gasteiger partial charge on any atom is -0.299 e. The Balaban J connectivity index is 2.00. The summed E-state index contributed by atoms with van der Waals surface area (Å²) in [5.41, 5.74) is 0. The monoisotopic (exact) mass is 276 g/mol. The van der Waals surface area contributed by atoms with Crippen LogP contribution >= 0.6 is 11.3 Å². The first kappa shape index (κ1) is 14.6. The van der Waals surface area contributed by atoms with Crippen LogP contribution in [-0.4, -0.2) is 24.0 Å². The van der Waals surface area contributed by atoms with Gasteiger partial charge in [0.15, 0.2) is 0 Å². The van der Waals surface area contributed by atoms with Crippen molar-refractivity contribution < 1.29 is 0 Å². The number of hydrogen-bond donors (Lipinski definition) is 0. The number of likely N-dealkylation sites (N-methyl/N-ethyl adjacent to an activating group) is 1. The lowest BCUT2D eigenvalue weighted by Crippen LogP contribution is -2.46. The molecule has 0 aromatic carbocycles. The van der Waals surface area contributed by atoms with Crippen LogP contribution in [0.3, 0.4) is 0 Å². The van der Waals surface area contributed by atoms with Crippen LogP contribution in [0.4, 0.5) is 0 Å². The molecule has 1 heterocycles. The average molecular weight is 276 g/mol. The maximum atomic E-state index is 9.36. The SMILES string of the molecule is CC1CCC(C#N)C(N(C)C(C)Cc2cccs2)C1. The molecule has 0 bridgehead atoms. The van der Waals surface area contributed by atoms with Crippen molar-refractivity contribution in [2.45, 2.75) is 51.6 Å². The predicted octanol–water partition coefficient (Wildman–Crippen LogP) is 3.94. The van der Waals surface area contributed by atoms with Gasteiger partial charge in [0.25, 0.3) is 0 Å². The maximum absolute atomic E-state index is 9.36. The zero-order valence-corrected chi connectivity index (χ0v) is 13.0. The lowest BCUT2D eigenvalue weighted by molar-refractivity contribution is 0.0978. The molecular formula is C16H24N2S. The van der Waals surface area contributed by atoms with Crippen LogP contribution in [0.2, 0.25) is 0 Å². The van der Waals surface area contributed by atoms with Crippen molar-refractivity contribution in [3.05, 3.63) is 22.4 Å². The first-order chi connectivity index (χ1) is 9.11. The fourth-order valence-electron chi connectivity index (χ4n) is 3.14. The molecule has 0 aliphatic heterocycles. The van der Waals surface area contributed by atoms with Crippen molar-refractivity contribution in [2.75, 3.05) is 7.05 Å². The molecule has 0 amide bonds. The van der Waals surface area contributed by atoms with E-state index in [1.807, 2.05) is 11.3 Å². The molecule has 1 fully saturated rings. The number of rotatable bonds is 4. The van der Waals surface area contributed by atoms with Crippen LogP contribution in [-0.2, 0) is 6.42 Å². The van der Waals surface area contributed by atoms with Gasteiger partial charge in [-0.2, -0.15) is 5.26 Å². The van der Waals surface area contributed by atoms with Gasteiger partial charge >= 0.3 is 0 Å². The van der Waals surface area contributed by atoms with Gasteiger partial charge in [0, 0.05) is 17.0 Å². The molecule has 3 heteroatoms. The fraction of sp³-hybridized carbons (Fsp3) is 0.688. The van der Waals surface area contributed by atoms with Gasteiger partial charge < -0.3 is 0 Å². The molecule has 0 saturated heterocycles. The Morgan fingerprint density at radius 2 is 2.32 bits per heavy atom. The van der Waals surface area contributed by atoms with Crippen molar-refractivity contribution in [2.24, 2.45) is 11.8 Å². The molecule has 19 heavy (non-hydrogen) atoms. The van der Waals surface area contributed by atoms with E-state index in [0.717, 1.165) is 18.8 Å². The molecule has 1 aromatic rings.